The van der Waals surface area contributed by atoms with Crippen molar-refractivity contribution in [3.63, 3.8) is 0 Å². The third kappa shape index (κ3) is 5.19. The number of halogens is 1. The molecule has 20 heavy (non-hydrogen) atoms. The molecule has 0 bridgehead atoms. The van der Waals surface area contributed by atoms with Crippen LogP contribution in [0.15, 0.2) is 28.7 Å². The van der Waals surface area contributed by atoms with Gasteiger partial charge in [0.2, 0.25) is 0 Å². The molecule has 0 radical (unpaired) electrons. The summed E-state index contributed by atoms with van der Waals surface area (Å²) in [6, 6.07) is 9.55. The zero-order valence-electron chi connectivity index (χ0n) is 13.7. The minimum Gasteiger partial charge on any atom is -0.313 e. The number of rotatable bonds is 6. The lowest BCUT2D eigenvalue weighted by Gasteiger charge is -2.36. The molecule has 0 aromatic heterocycles. The standard InChI is InChI=1S/C17H29BrN2/c1-13(17(2,3)4)20(6)11-10-16(19-5)14-8-7-9-15(18)12-14/h7-9,12-13,16,19H,10-11H2,1-6H3. The topological polar surface area (TPSA) is 15.3 Å². The molecule has 114 valence electrons. The van der Waals surface area contributed by atoms with E-state index < -0.39 is 0 Å². The fraction of sp³-hybridized carbons (Fsp3) is 0.647. The van der Waals surface area contributed by atoms with Gasteiger partial charge in [0.25, 0.3) is 0 Å². The highest BCUT2D eigenvalue weighted by Gasteiger charge is 2.24. The summed E-state index contributed by atoms with van der Waals surface area (Å²) in [6.45, 7) is 10.3. The summed E-state index contributed by atoms with van der Waals surface area (Å²) in [5.74, 6) is 0. The molecule has 1 aromatic rings. The molecular weight excluding hydrogens is 312 g/mol. The van der Waals surface area contributed by atoms with Gasteiger partial charge in [-0.2, -0.15) is 0 Å². The molecule has 0 amide bonds. The van der Waals surface area contributed by atoms with E-state index in [1.54, 1.807) is 0 Å². The van der Waals surface area contributed by atoms with Gasteiger partial charge >= 0.3 is 0 Å². The largest absolute Gasteiger partial charge is 0.313 e. The molecule has 0 saturated heterocycles. The molecule has 1 aromatic carbocycles. The van der Waals surface area contributed by atoms with Gasteiger partial charge in [0.05, 0.1) is 0 Å². The number of nitrogens with one attached hydrogen (secondary N) is 1. The van der Waals surface area contributed by atoms with Gasteiger partial charge in [-0.1, -0.05) is 48.8 Å². The maximum atomic E-state index is 3.55. The summed E-state index contributed by atoms with van der Waals surface area (Å²) >= 11 is 3.55. The molecule has 2 atom stereocenters. The molecule has 0 aliphatic heterocycles. The minimum absolute atomic E-state index is 0.319. The minimum atomic E-state index is 0.319. The van der Waals surface area contributed by atoms with Crippen molar-refractivity contribution >= 4 is 15.9 Å². The van der Waals surface area contributed by atoms with Crippen LogP contribution in [0.5, 0.6) is 0 Å². The Hall–Kier alpha value is -0.380. The van der Waals surface area contributed by atoms with E-state index in [4.69, 9.17) is 0 Å². The Morgan fingerprint density at radius 1 is 1.30 bits per heavy atom. The Kier molecular flexibility index (Phi) is 6.70. The van der Waals surface area contributed by atoms with Gasteiger partial charge in [-0.25, -0.2) is 0 Å². The van der Waals surface area contributed by atoms with Gasteiger partial charge < -0.3 is 10.2 Å². The summed E-state index contributed by atoms with van der Waals surface area (Å²) < 4.78 is 1.15. The molecular formula is C17H29BrN2. The fourth-order valence-electron chi connectivity index (χ4n) is 2.39. The summed E-state index contributed by atoms with van der Waals surface area (Å²) in [6.07, 6.45) is 1.11. The van der Waals surface area contributed by atoms with Gasteiger partial charge in [-0.15, -0.1) is 0 Å². The van der Waals surface area contributed by atoms with Crippen LogP contribution >= 0.6 is 15.9 Å². The van der Waals surface area contributed by atoms with Crippen LogP contribution in [0, 0.1) is 5.41 Å². The third-order valence-electron chi connectivity index (χ3n) is 4.28. The maximum Gasteiger partial charge on any atom is 0.0330 e. The lowest BCUT2D eigenvalue weighted by Crippen LogP contribution is -2.40. The molecule has 2 nitrogen and oxygen atoms in total. The van der Waals surface area contributed by atoms with E-state index in [0.29, 0.717) is 17.5 Å². The lowest BCUT2D eigenvalue weighted by atomic mass is 9.87. The zero-order chi connectivity index (χ0) is 15.3. The van der Waals surface area contributed by atoms with E-state index in [0.717, 1.165) is 17.4 Å². The first-order chi connectivity index (χ1) is 9.25. The lowest BCUT2D eigenvalue weighted by molar-refractivity contribution is 0.136. The molecule has 0 heterocycles. The van der Waals surface area contributed by atoms with Crippen molar-refractivity contribution in [3.8, 4) is 0 Å². The maximum absolute atomic E-state index is 3.55. The van der Waals surface area contributed by atoms with Crippen LogP contribution in [0.4, 0.5) is 0 Å². The Balaban J connectivity index is 2.62. The first kappa shape index (κ1) is 17.7. The van der Waals surface area contributed by atoms with Gasteiger partial charge in [0.15, 0.2) is 0 Å². The van der Waals surface area contributed by atoms with Gasteiger partial charge in [-0.3, -0.25) is 0 Å². The molecule has 3 heteroatoms. The van der Waals surface area contributed by atoms with Crippen LogP contribution in [0.1, 0.15) is 45.7 Å². The Labute approximate surface area is 133 Å². The first-order valence-corrected chi connectivity index (χ1v) is 8.18. The van der Waals surface area contributed by atoms with E-state index in [2.05, 4.69) is 85.2 Å². The van der Waals surface area contributed by atoms with Crippen LogP contribution in [0.2, 0.25) is 0 Å². The first-order valence-electron chi connectivity index (χ1n) is 7.38. The van der Waals surface area contributed by atoms with Crippen molar-refractivity contribution < 1.29 is 0 Å². The highest BCUT2D eigenvalue weighted by atomic mass is 79.9. The van der Waals surface area contributed by atoms with E-state index >= 15 is 0 Å². The highest BCUT2D eigenvalue weighted by molar-refractivity contribution is 9.10. The van der Waals surface area contributed by atoms with Crippen molar-refractivity contribution in [2.45, 2.75) is 46.2 Å². The summed E-state index contributed by atoms with van der Waals surface area (Å²) in [4.78, 5) is 2.46. The fourth-order valence-corrected chi connectivity index (χ4v) is 2.81. The van der Waals surface area contributed by atoms with Crippen molar-refractivity contribution in [3.05, 3.63) is 34.3 Å². The second kappa shape index (κ2) is 7.58. The van der Waals surface area contributed by atoms with Crippen molar-refractivity contribution in [2.75, 3.05) is 20.6 Å². The van der Waals surface area contributed by atoms with Crippen molar-refractivity contribution in [1.82, 2.24) is 10.2 Å². The van der Waals surface area contributed by atoms with E-state index in [9.17, 15) is 0 Å². The molecule has 0 saturated carbocycles. The Morgan fingerprint density at radius 3 is 2.45 bits per heavy atom. The summed E-state index contributed by atoms with van der Waals surface area (Å²) in [5, 5.41) is 3.43. The molecule has 0 spiro atoms. The van der Waals surface area contributed by atoms with Crippen LogP contribution < -0.4 is 5.32 Å². The normalized spacial score (nSPS) is 15.4. The van der Waals surface area contributed by atoms with Crippen LogP contribution in [-0.2, 0) is 0 Å². The number of hydrogen-bond donors (Lipinski definition) is 1. The third-order valence-corrected chi connectivity index (χ3v) is 4.78. The molecule has 1 N–H and O–H groups in total. The predicted molar refractivity (Wildman–Crippen MR) is 92.1 cm³/mol. The molecule has 0 aliphatic rings. The van der Waals surface area contributed by atoms with E-state index in [-0.39, 0.29) is 0 Å². The molecule has 0 aliphatic carbocycles. The average molecular weight is 341 g/mol. The van der Waals surface area contributed by atoms with Crippen LogP contribution in [0.25, 0.3) is 0 Å². The van der Waals surface area contributed by atoms with Crippen molar-refractivity contribution in [1.29, 1.82) is 0 Å². The molecule has 0 fully saturated rings. The summed E-state index contributed by atoms with van der Waals surface area (Å²) in [7, 11) is 4.27. The predicted octanol–water partition coefficient (Wildman–Crippen LogP) is 4.47. The van der Waals surface area contributed by atoms with Crippen molar-refractivity contribution in [2.24, 2.45) is 5.41 Å². The van der Waals surface area contributed by atoms with E-state index in [1.165, 1.54) is 5.56 Å². The van der Waals surface area contributed by atoms with Gasteiger partial charge in [0, 0.05) is 16.6 Å². The van der Waals surface area contributed by atoms with Gasteiger partial charge in [0.1, 0.15) is 0 Å². The molecule has 2 unspecified atom stereocenters. The number of hydrogen-bond acceptors (Lipinski definition) is 2. The number of benzene rings is 1. The molecule has 1 rings (SSSR count). The second-order valence-corrected chi connectivity index (χ2v) is 7.62. The van der Waals surface area contributed by atoms with Crippen LogP contribution in [0.3, 0.4) is 0 Å². The quantitative estimate of drug-likeness (QED) is 0.821. The van der Waals surface area contributed by atoms with E-state index in [1.807, 2.05) is 7.05 Å². The summed E-state index contributed by atoms with van der Waals surface area (Å²) in [5.41, 5.74) is 1.67. The second-order valence-electron chi connectivity index (χ2n) is 6.71. The average Bonchev–Trinajstić information content (AvgIpc) is 2.37. The van der Waals surface area contributed by atoms with Crippen LogP contribution in [-0.4, -0.2) is 31.6 Å². The number of nitrogens with zero attached hydrogens (tertiary/aromatic N) is 1. The Bertz CT molecular complexity index is 412. The smallest absolute Gasteiger partial charge is 0.0330 e. The highest BCUT2D eigenvalue weighted by Crippen LogP contribution is 2.25. The Morgan fingerprint density at radius 2 is 1.95 bits per heavy atom. The monoisotopic (exact) mass is 340 g/mol. The van der Waals surface area contributed by atoms with Gasteiger partial charge in [-0.05, 0) is 57.1 Å². The zero-order valence-corrected chi connectivity index (χ0v) is 15.3. The SMILES string of the molecule is CNC(CCN(C)C(C)C(C)(C)C)c1cccc(Br)c1.